The second-order valence-electron chi connectivity index (χ2n) is 5.15. The summed E-state index contributed by atoms with van der Waals surface area (Å²) in [7, 11) is 0. The molecule has 0 saturated carbocycles. The zero-order chi connectivity index (χ0) is 14.8. The van der Waals surface area contributed by atoms with Gasteiger partial charge in [0.25, 0.3) is 0 Å². The lowest BCUT2D eigenvalue weighted by molar-refractivity contribution is 0.724. The van der Waals surface area contributed by atoms with E-state index in [1.807, 2.05) is 6.07 Å². The van der Waals surface area contributed by atoms with Crippen molar-refractivity contribution in [2.45, 2.75) is 12.5 Å². The third-order valence-corrected chi connectivity index (χ3v) is 4.55. The Kier molecular flexibility index (Phi) is 4.43. The van der Waals surface area contributed by atoms with Gasteiger partial charge in [0.2, 0.25) is 0 Å². The lowest BCUT2D eigenvalue weighted by Crippen LogP contribution is -2.13. The maximum Gasteiger partial charge on any atom is 0.0336 e. The Bertz CT molecular complexity index is 758. The Morgan fingerprint density at radius 2 is 1.52 bits per heavy atom. The van der Waals surface area contributed by atoms with E-state index >= 15 is 0 Å². The van der Waals surface area contributed by atoms with Gasteiger partial charge in [-0.3, -0.25) is 0 Å². The molecule has 0 fully saturated rings. The van der Waals surface area contributed by atoms with Crippen LogP contribution in [0.2, 0.25) is 0 Å². The normalized spacial score (nSPS) is 12.5. The SMILES string of the molecule is NC(Cc1cccc2ccccc12)c1cc(Br)cc(Br)c1. The predicted molar refractivity (Wildman–Crippen MR) is 96.4 cm³/mol. The monoisotopic (exact) mass is 403 g/mol. The number of rotatable bonds is 3. The summed E-state index contributed by atoms with van der Waals surface area (Å²) in [5, 5.41) is 2.54. The third-order valence-electron chi connectivity index (χ3n) is 3.63. The molecule has 1 unspecified atom stereocenters. The van der Waals surface area contributed by atoms with Crippen molar-refractivity contribution in [2.75, 3.05) is 0 Å². The molecule has 21 heavy (non-hydrogen) atoms. The van der Waals surface area contributed by atoms with Crippen LogP contribution in [0.25, 0.3) is 10.8 Å². The summed E-state index contributed by atoms with van der Waals surface area (Å²) < 4.78 is 2.08. The number of nitrogens with two attached hydrogens (primary N) is 1. The molecule has 0 aliphatic carbocycles. The van der Waals surface area contributed by atoms with E-state index in [9.17, 15) is 0 Å². The second-order valence-corrected chi connectivity index (χ2v) is 6.98. The molecule has 106 valence electrons. The van der Waals surface area contributed by atoms with Gasteiger partial charge in [-0.05, 0) is 46.5 Å². The summed E-state index contributed by atoms with van der Waals surface area (Å²) in [4.78, 5) is 0. The molecule has 1 atom stereocenters. The fourth-order valence-corrected chi connectivity index (χ4v) is 3.94. The zero-order valence-corrected chi connectivity index (χ0v) is 14.6. The van der Waals surface area contributed by atoms with Crippen molar-refractivity contribution in [1.82, 2.24) is 0 Å². The number of hydrogen-bond acceptors (Lipinski definition) is 1. The van der Waals surface area contributed by atoms with Gasteiger partial charge in [0.1, 0.15) is 0 Å². The molecule has 1 nitrogen and oxygen atoms in total. The molecule has 0 radical (unpaired) electrons. The first-order valence-corrected chi connectivity index (χ1v) is 8.40. The number of fused-ring (bicyclic) bond motifs is 1. The molecule has 3 aromatic rings. The molecule has 0 aliphatic heterocycles. The number of hydrogen-bond donors (Lipinski definition) is 1. The highest BCUT2D eigenvalue weighted by Gasteiger charge is 2.10. The van der Waals surface area contributed by atoms with E-state index in [0.29, 0.717) is 0 Å². The highest BCUT2D eigenvalue weighted by molar-refractivity contribution is 9.11. The largest absolute Gasteiger partial charge is 0.324 e. The zero-order valence-electron chi connectivity index (χ0n) is 11.4. The van der Waals surface area contributed by atoms with Gasteiger partial charge in [-0.2, -0.15) is 0 Å². The van der Waals surface area contributed by atoms with Crippen LogP contribution in [-0.2, 0) is 6.42 Å². The quantitative estimate of drug-likeness (QED) is 0.603. The second kappa shape index (κ2) is 6.30. The molecule has 0 saturated heterocycles. The maximum atomic E-state index is 6.41. The van der Waals surface area contributed by atoms with Crippen LogP contribution < -0.4 is 5.73 Å². The standard InChI is InChI=1S/C18H15Br2N/c19-15-8-14(9-16(20)11-15)18(21)10-13-6-3-5-12-4-1-2-7-17(12)13/h1-9,11,18H,10,21H2. The fourth-order valence-electron chi connectivity index (χ4n) is 2.61. The van der Waals surface area contributed by atoms with Gasteiger partial charge >= 0.3 is 0 Å². The summed E-state index contributed by atoms with van der Waals surface area (Å²) in [5.74, 6) is 0. The van der Waals surface area contributed by atoms with Crippen LogP contribution in [0.15, 0.2) is 69.6 Å². The Hall–Kier alpha value is -1.16. The molecular formula is C18H15Br2N. The molecule has 0 heterocycles. The third kappa shape index (κ3) is 3.37. The van der Waals surface area contributed by atoms with Gasteiger partial charge in [-0.25, -0.2) is 0 Å². The molecule has 0 amide bonds. The van der Waals surface area contributed by atoms with E-state index in [0.717, 1.165) is 20.9 Å². The Labute approximate surface area is 141 Å². The van der Waals surface area contributed by atoms with Gasteiger partial charge in [0, 0.05) is 15.0 Å². The first-order chi connectivity index (χ1) is 10.1. The molecular weight excluding hydrogens is 390 g/mol. The van der Waals surface area contributed by atoms with Crippen LogP contribution in [0.3, 0.4) is 0 Å². The number of benzene rings is 3. The van der Waals surface area contributed by atoms with Crippen LogP contribution in [0.1, 0.15) is 17.2 Å². The van der Waals surface area contributed by atoms with E-state index in [4.69, 9.17) is 5.73 Å². The van der Waals surface area contributed by atoms with Crippen molar-refractivity contribution in [2.24, 2.45) is 5.73 Å². The highest BCUT2D eigenvalue weighted by Crippen LogP contribution is 2.27. The average molecular weight is 405 g/mol. The van der Waals surface area contributed by atoms with Gasteiger partial charge in [0.05, 0.1) is 0 Å². The van der Waals surface area contributed by atoms with Crippen LogP contribution in [0.5, 0.6) is 0 Å². The molecule has 3 aromatic carbocycles. The van der Waals surface area contributed by atoms with Crippen molar-refractivity contribution in [3.8, 4) is 0 Å². The minimum Gasteiger partial charge on any atom is -0.324 e. The predicted octanol–water partition coefficient (Wildman–Crippen LogP) is 5.61. The van der Waals surface area contributed by atoms with Crippen molar-refractivity contribution >= 4 is 42.6 Å². The highest BCUT2D eigenvalue weighted by atomic mass is 79.9. The average Bonchev–Trinajstić information content (AvgIpc) is 2.46. The van der Waals surface area contributed by atoms with E-state index in [1.54, 1.807) is 0 Å². The molecule has 0 spiro atoms. The first-order valence-electron chi connectivity index (χ1n) is 6.82. The molecule has 3 heteroatoms. The molecule has 0 aliphatic rings. The van der Waals surface area contributed by atoms with Crippen LogP contribution in [-0.4, -0.2) is 0 Å². The van der Waals surface area contributed by atoms with Gasteiger partial charge < -0.3 is 5.73 Å². The summed E-state index contributed by atoms with van der Waals surface area (Å²) in [5.41, 5.74) is 8.83. The molecule has 0 bridgehead atoms. The maximum absolute atomic E-state index is 6.41. The van der Waals surface area contributed by atoms with Crippen molar-refractivity contribution in [3.63, 3.8) is 0 Å². The molecule has 3 rings (SSSR count). The van der Waals surface area contributed by atoms with Crippen molar-refractivity contribution in [3.05, 3.63) is 80.7 Å². The van der Waals surface area contributed by atoms with Crippen LogP contribution in [0.4, 0.5) is 0 Å². The summed E-state index contributed by atoms with van der Waals surface area (Å²) in [6, 6.07) is 21.0. The smallest absolute Gasteiger partial charge is 0.0336 e. The van der Waals surface area contributed by atoms with Crippen molar-refractivity contribution < 1.29 is 0 Å². The summed E-state index contributed by atoms with van der Waals surface area (Å²) in [6.45, 7) is 0. The Morgan fingerprint density at radius 1 is 0.857 bits per heavy atom. The topological polar surface area (TPSA) is 26.0 Å². The van der Waals surface area contributed by atoms with Crippen molar-refractivity contribution in [1.29, 1.82) is 0 Å². The molecule has 0 aromatic heterocycles. The first kappa shape index (κ1) is 14.8. The van der Waals surface area contributed by atoms with E-state index in [1.165, 1.54) is 16.3 Å². The molecule has 2 N–H and O–H groups in total. The Balaban J connectivity index is 1.94. The Morgan fingerprint density at radius 3 is 2.29 bits per heavy atom. The van der Waals surface area contributed by atoms with E-state index in [2.05, 4.69) is 86.5 Å². The van der Waals surface area contributed by atoms with Gasteiger partial charge in [-0.1, -0.05) is 74.3 Å². The summed E-state index contributed by atoms with van der Waals surface area (Å²) >= 11 is 7.04. The van der Waals surface area contributed by atoms with E-state index < -0.39 is 0 Å². The van der Waals surface area contributed by atoms with Gasteiger partial charge in [0.15, 0.2) is 0 Å². The fraction of sp³-hybridized carbons (Fsp3) is 0.111. The van der Waals surface area contributed by atoms with Crippen LogP contribution >= 0.6 is 31.9 Å². The lowest BCUT2D eigenvalue weighted by atomic mass is 9.95. The minimum absolute atomic E-state index is 0.0235. The van der Waals surface area contributed by atoms with Gasteiger partial charge in [-0.15, -0.1) is 0 Å². The summed E-state index contributed by atoms with van der Waals surface area (Å²) in [6.07, 6.45) is 0.824. The number of halogens is 2. The van der Waals surface area contributed by atoms with E-state index in [-0.39, 0.29) is 6.04 Å². The minimum atomic E-state index is -0.0235. The lowest BCUT2D eigenvalue weighted by Gasteiger charge is -2.15. The van der Waals surface area contributed by atoms with Crippen LogP contribution in [0, 0.1) is 0 Å².